The molecule has 1 unspecified atom stereocenters. The number of fused-ring (bicyclic) bond motifs is 1. The zero-order valence-electron chi connectivity index (χ0n) is 15.6. The topological polar surface area (TPSA) is 76.0 Å². The highest BCUT2D eigenvalue weighted by Gasteiger charge is 2.36. The largest absolute Gasteiger partial charge is 0.326 e. The maximum atomic E-state index is 12.6. The van der Waals surface area contributed by atoms with Crippen molar-refractivity contribution in [1.29, 1.82) is 0 Å². The molecule has 148 valence electrons. The molecule has 8 heteroatoms. The number of aryl methyl sites for hydroxylation is 1. The van der Waals surface area contributed by atoms with E-state index in [9.17, 15) is 9.59 Å². The van der Waals surface area contributed by atoms with Crippen molar-refractivity contribution in [2.45, 2.75) is 25.8 Å². The van der Waals surface area contributed by atoms with Gasteiger partial charge in [0.05, 0.1) is 12.1 Å². The fourth-order valence-electron chi connectivity index (χ4n) is 3.44. The van der Waals surface area contributed by atoms with E-state index in [4.69, 9.17) is 23.2 Å². The van der Waals surface area contributed by atoms with Gasteiger partial charge in [0.15, 0.2) is 0 Å². The van der Waals surface area contributed by atoms with E-state index in [-0.39, 0.29) is 18.2 Å². The van der Waals surface area contributed by atoms with E-state index < -0.39 is 6.04 Å². The number of aromatic nitrogens is 2. The van der Waals surface area contributed by atoms with Gasteiger partial charge in [0.25, 0.3) is 5.91 Å². The molecule has 0 saturated carbocycles. The van der Waals surface area contributed by atoms with E-state index in [1.807, 2.05) is 19.1 Å². The molecule has 1 aromatic heterocycles. The first-order chi connectivity index (χ1) is 14.0. The van der Waals surface area contributed by atoms with Crippen LogP contribution in [0.25, 0.3) is 11.1 Å². The Bertz CT molecular complexity index is 1090. The molecule has 0 saturated heterocycles. The molecule has 0 aliphatic carbocycles. The van der Waals surface area contributed by atoms with Crippen molar-refractivity contribution in [2.24, 2.45) is 0 Å². The number of hydrogen-bond acceptors (Lipinski definition) is 3. The number of carbonyl (C=O) groups excluding carboxylic acids is 2. The van der Waals surface area contributed by atoms with Gasteiger partial charge in [-0.15, -0.1) is 0 Å². The molecule has 2 amide bonds. The number of carbonyl (C=O) groups is 2. The van der Waals surface area contributed by atoms with Crippen LogP contribution in [0.15, 0.2) is 48.5 Å². The lowest BCUT2D eigenvalue weighted by Gasteiger charge is -2.10. The van der Waals surface area contributed by atoms with Crippen LogP contribution in [0.1, 0.15) is 25.1 Å². The van der Waals surface area contributed by atoms with Gasteiger partial charge in [-0.2, -0.15) is 5.10 Å². The Kier molecular flexibility index (Phi) is 5.30. The fraction of sp³-hybridized carbons (Fsp3) is 0.190. The highest BCUT2D eigenvalue weighted by atomic mass is 35.5. The fourth-order valence-corrected chi connectivity index (χ4v) is 3.75. The van der Waals surface area contributed by atoms with Gasteiger partial charge in [-0.1, -0.05) is 48.3 Å². The smallest absolute Gasteiger partial charge is 0.251 e. The summed E-state index contributed by atoms with van der Waals surface area (Å²) in [7, 11) is 0. The quantitative estimate of drug-likeness (QED) is 0.603. The summed E-state index contributed by atoms with van der Waals surface area (Å²) < 4.78 is 1.61. The number of rotatable bonds is 5. The van der Waals surface area contributed by atoms with Gasteiger partial charge >= 0.3 is 0 Å². The van der Waals surface area contributed by atoms with Crippen LogP contribution < -0.4 is 10.6 Å². The number of amides is 2. The second-order valence-electron chi connectivity index (χ2n) is 6.74. The Balaban J connectivity index is 1.61. The minimum absolute atomic E-state index is 0.0315. The van der Waals surface area contributed by atoms with E-state index in [2.05, 4.69) is 15.7 Å². The van der Waals surface area contributed by atoms with E-state index >= 15 is 0 Å². The molecular weight excluding hydrogens is 411 g/mol. The molecule has 6 nitrogen and oxygen atoms in total. The molecule has 2 aromatic carbocycles. The maximum absolute atomic E-state index is 12.6. The minimum atomic E-state index is -0.712. The van der Waals surface area contributed by atoms with Crippen LogP contribution in [0.3, 0.4) is 0 Å². The Labute approximate surface area is 177 Å². The lowest BCUT2D eigenvalue weighted by Crippen LogP contribution is -2.23. The normalized spacial score (nSPS) is 15.1. The van der Waals surface area contributed by atoms with Gasteiger partial charge in [0.1, 0.15) is 11.9 Å². The van der Waals surface area contributed by atoms with Crippen LogP contribution in [0.2, 0.25) is 10.0 Å². The van der Waals surface area contributed by atoms with Gasteiger partial charge in [-0.05, 0) is 42.3 Å². The summed E-state index contributed by atoms with van der Waals surface area (Å²) in [5, 5.41) is 11.4. The second kappa shape index (κ2) is 7.89. The summed E-state index contributed by atoms with van der Waals surface area (Å²) in [6.45, 7) is 2.00. The summed E-state index contributed by atoms with van der Waals surface area (Å²) in [5.74, 6) is 0.0585. The van der Waals surface area contributed by atoms with Crippen LogP contribution in [0.5, 0.6) is 0 Å². The van der Waals surface area contributed by atoms with Crippen molar-refractivity contribution in [2.75, 3.05) is 10.6 Å². The number of hydrogen-bond donors (Lipinski definition) is 2. The average molecular weight is 429 g/mol. The first-order valence-corrected chi connectivity index (χ1v) is 9.95. The van der Waals surface area contributed by atoms with Gasteiger partial charge in [0, 0.05) is 21.3 Å². The number of halogens is 2. The van der Waals surface area contributed by atoms with Gasteiger partial charge in [0.2, 0.25) is 5.91 Å². The highest BCUT2D eigenvalue weighted by molar-refractivity contribution is 6.31. The van der Waals surface area contributed by atoms with Gasteiger partial charge < -0.3 is 10.6 Å². The summed E-state index contributed by atoms with van der Waals surface area (Å²) in [4.78, 5) is 25.1. The van der Waals surface area contributed by atoms with Gasteiger partial charge in [-0.25, -0.2) is 4.68 Å². The molecule has 1 aliphatic rings. The Morgan fingerprint density at radius 2 is 1.93 bits per heavy atom. The third-order valence-corrected chi connectivity index (χ3v) is 5.26. The van der Waals surface area contributed by atoms with E-state index in [0.29, 0.717) is 28.0 Å². The Hall–Kier alpha value is -2.83. The first-order valence-electron chi connectivity index (χ1n) is 9.20. The number of nitrogens with one attached hydrogen (secondary N) is 2. The summed E-state index contributed by atoms with van der Waals surface area (Å²) in [5.41, 5.74) is 3.20. The Morgan fingerprint density at radius 3 is 2.62 bits per heavy atom. The van der Waals surface area contributed by atoms with E-state index in [1.165, 1.54) is 0 Å². The summed E-state index contributed by atoms with van der Waals surface area (Å²) in [6.07, 6.45) is 0.658. The molecule has 1 aliphatic heterocycles. The highest BCUT2D eigenvalue weighted by Crippen LogP contribution is 2.39. The third kappa shape index (κ3) is 3.86. The zero-order valence-corrected chi connectivity index (χ0v) is 17.1. The van der Waals surface area contributed by atoms with Crippen LogP contribution in [0, 0.1) is 0 Å². The molecule has 29 heavy (non-hydrogen) atoms. The molecule has 3 aromatic rings. The summed E-state index contributed by atoms with van der Waals surface area (Å²) >= 11 is 12.0. The van der Waals surface area contributed by atoms with Crippen molar-refractivity contribution >= 4 is 46.5 Å². The number of nitrogens with zero attached hydrogens (tertiary/aromatic N) is 2. The number of anilines is 2. The maximum Gasteiger partial charge on any atom is 0.251 e. The molecule has 2 heterocycles. The first kappa shape index (κ1) is 19.5. The lowest BCUT2D eigenvalue weighted by atomic mass is 10.0. The SMILES string of the molecule is CCc1nn2c(c1-c1ccc(Cl)cc1)NC(=O)C2CC(=O)Nc1cccc(Cl)c1. The summed E-state index contributed by atoms with van der Waals surface area (Å²) in [6, 6.07) is 13.5. The van der Waals surface area contributed by atoms with Crippen LogP contribution in [0.4, 0.5) is 11.5 Å². The average Bonchev–Trinajstić information content (AvgIpc) is 3.18. The van der Waals surface area contributed by atoms with Crippen LogP contribution >= 0.6 is 23.2 Å². The number of benzene rings is 2. The predicted octanol–water partition coefficient (Wildman–Crippen LogP) is 4.94. The van der Waals surface area contributed by atoms with Crippen molar-refractivity contribution in [3.8, 4) is 11.1 Å². The molecule has 2 N–H and O–H groups in total. The van der Waals surface area contributed by atoms with Crippen LogP contribution in [-0.2, 0) is 16.0 Å². The predicted molar refractivity (Wildman–Crippen MR) is 114 cm³/mol. The van der Waals surface area contributed by atoms with E-state index in [0.717, 1.165) is 16.8 Å². The third-order valence-electron chi connectivity index (χ3n) is 4.78. The molecule has 4 rings (SSSR count). The molecule has 0 radical (unpaired) electrons. The van der Waals surface area contributed by atoms with Crippen molar-refractivity contribution < 1.29 is 9.59 Å². The molecule has 0 fully saturated rings. The van der Waals surface area contributed by atoms with Crippen LogP contribution in [-0.4, -0.2) is 21.6 Å². The zero-order chi connectivity index (χ0) is 20.5. The van der Waals surface area contributed by atoms with E-state index in [1.54, 1.807) is 41.1 Å². The lowest BCUT2D eigenvalue weighted by molar-refractivity contribution is -0.123. The van der Waals surface area contributed by atoms with Gasteiger partial charge in [-0.3, -0.25) is 9.59 Å². The molecular formula is C21H18Cl2N4O2. The van der Waals surface area contributed by atoms with Crippen molar-refractivity contribution in [3.63, 3.8) is 0 Å². The van der Waals surface area contributed by atoms with Crippen molar-refractivity contribution in [3.05, 3.63) is 64.3 Å². The molecule has 0 bridgehead atoms. The standard InChI is InChI=1S/C21H18Cl2N4O2/c1-2-16-19(12-6-8-13(22)9-7-12)20-25-21(29)17(27(20)26-16)11-18(28)24-15-5-3-4-14(23)10-15/h3-10,17H,2,11H2,1H3,(H,24,28)(H,25,29). The van der Waals surface area contributed by atoms with Crippen molar-refractivity contribution in [1.82, 2.24) is 9.78 Å². The minimum Gasteiger partial charge on any atom is -0.326 e. The Morgan fingerprint density at radius 1 is 1.17 bits per heavy atom. The second-order valence-corrected chi connectivity index (χ2v) is 7.62. The monoisotopic (exact) mass is 428 g/mol. The molecule has 0 spiro atoms. The molecule has 1 atom stereocenters.